The highest BCUT2D eigenvalue weighted by molar-refractivity contribution is 5.39. The van der Waals surface area contributed by atoms with Crippen LogP contribution in [0.4, 0.5) is 14.7 Å². The molecule has 0 spiro atoms. The monoisotopic (exact) mass is 239 g/mol. The van der Waals surface area contributed by atoms with Crippen molar-refractivity contribution in [1.29, 1.82) is 0 Å². The number of anilines is 1. The molecule has 0 bridgehead atoms. The Hall–Kier alpha value is -1.26. The second kappa shape index (κ2) is 3.62. The Morgan fingerprint density at radius 2 is 2.29 bits per heavy atom. The first-order valence-corrected chi connectivity index (χ1v) is 6.09. The van der Waals surface area contributed by atoms with Crippen LogP contribution < -0.4 is 4.90 Å². The quantitative estimate of drug-likeness (QED) is 0.754. The fourth-order valence-corrected chi connectivity index (χ4v) is 2.47. The summed E-state index contributed by atoms with van der Waals surface area (Å²) in [6.07, 6.45) is 3.75. The molecular weight excluding hydrogens is 224 g/mol. The van der Waals surface area contributed by atoms with Crippen molar-refractivity contribution in [2.75, 3.05) is 11.4 Å². The van der Waals surface area contributed by atoms with Gasteiger partial charge in [0.2, 0.25) is 5.95 Å². The van der Waals surface area contributed by atoms with Gasteiger partial charge in [-0.25, -0.2) is 9.97 Å². The highest BCUT2D eigenvalue weighted by atomic mass is 19.3. The molecule has 5 heteroatoms. The maximum atomic E-state index is 13.8. The lowest BCUT2D eigenvalue weighted by molar-refractivity contribution is -0.0264. The number of nitrogens with zero attached hydrogens (tertiary/aromatic N) is 3. The molecular formula is C12H15F2N3. The summed E-state index contributed by atoms with van der Waals surface area (Å²) in [5.41, 5.74) is 0.561. The highest BCUT2D eigenvalue weighted by Gasteiger charge is 2.39. The number of alkyl halides is 2. The van der Waals surface area contributed by atoms with Gasteiger partial charge in [0.25, 0.3) is 5.92 Å². The van der Waals surface area contributed by atoms with Gasteiger partial charge in [0.05, 0.1) is 0 Å². The second-order valence-electron chi connectivity index (χ2n) is 4.93. The summed E-state index contributed by atoms with van der Waals surface area (Å²) >= 11 is 0. The molecule has 1 aromatic heterocycles. The Labute approximate surface area is 98.9 Å². The second-order valence-corrected chi connectivity index (χ2v) is 4.93. The molecule has 0 radical (unpaired) electrons. The van der Waals surface area contributed by atoms with Crippen molar-refractivity contribution >= 4 is 5.95 Å². The van der Waals surface area contributed by atoms with E-state index in [4.69, 9.17) is 0 Å². The molecule has 0 amide bonds. The van der Waals surface area contributed by atoms with E-state index in [9.17, 15) is 8.78 Å². The minimum atomic E-state index is -2.78. The van der Waals surface area contributed by atoms with Crippen molar-refractivity contribution in [3.8, 4) is 0 Å². The summed E-state index contributed by atoms with van der Waals surface area (Å²) in [6.45, 7) is 2.93. The van der Waals surface area contributed by atoms with Crippen molar-refractivity contribution < 1.29 is 8.78 Å². The summed E-state index contributed by atoms with van der Waals surface area (Å²) < 4.78 is 27.5. The highest BCUT2D eigenvalue weighted by Crippen LogP contribution is 2.39. The average molecular weight is 239 g/mol. The lowest BCUT2D eigenvalue weighted by Gasteiger charge is -2.39. The molecule has 0 saturated carbocycles. The van der Waals surface area contributed by atoms with E-state index < -0.39 is 5.92 Å². The van der Waals surface area contributed by atoms with Crippen LogP contribution >= 0.6 is 0 Å². The van der Waals surface area contributed by atoms with Gasteiger partial charge in [0.15, 0.2) is 0 Å². The van der Waals surface area contributed by atoms with E-state index in [1.54, 1.807) is 6.20 Å². The van der Waals surface area contributed by atoms with Gasteiger partial charge in [-0.05, 0) is 31.7 Å². The van der Waals surface area contributed by atoms with Crippen LogP contribution in [0.15, 0.2) is 6.20 Å². The number of rotatable bonds is 1. The molecule has 2 heterocycles. The summed E-state index contributed by atoms with van der Waals surface area (Å²) in [7, 11) is 0. The minimum Gasteiger partial charge on any atom is -0.338 e. The van der Waals surface area contributed by atoms with Crippen LogP contribution in [-0.2, 0) is 12.3 Å². The lowest BCUT2D eigenvalue weighted by Crippen LogP contribution is -2.47. The van der Waals surface area contributed by atoms with Gasteiger partial charge in [-0.1, -0.05) is 0 Å². The smallest absolute Gasteiger partial charge is 0.290 e. The molecule has 0 aromatic carbocycles. The van der Waals surface area contributed by atoms with E-state index in [0.29, 0.717) is 30.4 Å². The molecule has 3 nitrogen and oxygen atoms in total. The number of fused-ring (bicyclic) bond motifs is 1. The molecule has 0 N–H and O–H groups in total. The summed E-state index contributed by atoms with van der Waals surface area (Å²) in [4.78, 5) is 10.3. The van der Waals surface area contributed by atoms with Crippen LogP contribution in [0.3, 0.4) is 0 Å². The molecule has 2 aliphatic rings. The van der Waals surface area contributed by atoms with E-state index in [1.165, 1.54) is 0 Å². The zero-order valence-corrected chi connectivity index (χ0v) is 9.79. The third-order valence-corrected chi connectivity index (χ3v) is 3.71. The molecule has 92 valence electrons. The molecule has 17 heavy (non-hydrogen) atoms. The topological polar surface area (TPSA) is 29.0 Å². The standard InChI is InChI=1S/C12H15F2N3/c1-8-4-6-17(8)11-15-7-9-3-2-5-12(13,14)10(9)16-11/h7-8H,2-6H2,1H3. The maximum Gasteiger partial charge on any atom is 0.290 e. The van der Waals surface area contributed by atoms with Gasteiger partial charge in [0.1, 0.15) is 5.69 Å². The molecule has 1 aliphatic heterocycles. The number of aromatic nitrogens is 2. The fraction of sp³-hybridized carbons (Fsp3) is 0.667. The van der Waals surface area contributed by atoms with E-state index in [1.807, 2.05) is 4.90 Å². The summed E-state index contributed by atoms with van der Waals surface area (Å²) in [5, 5.41) is 0. The molecule has 1 atom stereocenters. The number of hydrogen-bond acceptors (Lipinski definition) is 3. The maximum absolute atomic E-state index is 13.8. The summed E-state index contributed by atoms with van der Waals surface area (Å²) in [6, 6.07) is 0.366. The van der Waals surface area contributed by atoms with Crippen molar-refractivity contribution in [1.82, 2.24) is 9.97 Å². The predicted molar refractivity (Wildman–Crippen MR) is 60.3 cm³/mol. The normalized spacial score (nSPS) is 26.3. The SMILES string of the molecule is CC1CCN1c1ncc2c(n1)C(F)(F)CCC2. The van der Waals surface area contributed by atoms with Crippen molar-refractivity contribution in [3.05, 3.63) is 17.5 Å². The Bertz CT molecular complexity index is 447. The Morgan fingerprint density at radius 1 is 1.47 bits per heavy atom. The summed E-state index contributed by atoms with van der Waals surface area (Å²) in [5.74, 6) is -2.32. The van der Waals surface area contributed by atoms with E-state index in [0.717, 1.165) is 13.0 Å². The lowest BCUT2D eigenvalue weighted by atomic mass is 9.94. The van der Waals surface area contributed by atoms with Gasteiger partial charge in [-0.2, -0.15) is 8.78 Å². The number of aryl methyl sites for hydroxylation is 1. The largest absolute Gasteiger partial charge is 0.338 e. The van der Waals surface area contributed by atoms with Gasteiger partial charge in [0, 0.05) is 25.2 Å². The van der Waals surface area contributed by atoms with E-state index in [-0.39, 0.29) is 12.1 Å². The zero-order chi connectivity index (χ0) is 12.0. The first-order chi connectivity index (χ1) is 8.08. The first-order valence-electron chi connectivity index (χ1n) is 6.09. The van der Waals surface area contributed by atoms with Gasteiger partial charge in [-0.3, -0.25) is 0 Å². The molecule has 1 unspecified atom stereocenters. The number of hydrogen-bond donors (Lipinski definition) is 0. The Balaban J connectivity index is 1.99. The van der Waals surface area contributed by atoms with Crippen LogP contribution in [0, 0.1) is 0 Å². The zero-order valence-electron chi connectivity index (χ0n) is 9.79. The predicted octanol–water partition coefficient (Wildman–Crippen LogP) is 2.50. The fourth-order valence-electron chi connectivity index (χ4n) is 2.47. The van der Waals surface area contributed by atoms with Gasteiger partial charge < -0.3 is 4.90 Å². The van der Waals surface area contributed by atoms with Crippen molar-refractivity contribution in [2.45, 2.75) is 44.6 Å². The van der Waals surface area contributed by atoms with Crippen molar-refractivity contribution in [3.63, 3.8) is 0 Å². The Kier molecular flexibility index (Phi) is 2.31. The van der Waals surface area contributed by atoms with Crippen molar-refractivity contribution in [2.24, 2.45) is 0 Å². The van der Waals surface area contributed by atoms with Crippen LogP contribution in [0.25, 0.3) is 0 Å². The van der Waals surface area contributed by atoms with Crippen LogP contribution in [0.2, 0.25) is 0 Å². The minimum absolute atomic E-state index is 0.0483. The van der Waals surface area contributed by atoms with Crippen LogP contribution in [0.1, 0.15) is 37.4 Å². The van der Waals surface area contributed by atoms with Crippen LogP contribution in [0.5, 0.6) is 0 Å². The Morgan fingerprint density at radius 3 is 2.94 bits per heavy atom. The third kappa shape index (κ3) is 1.68. The average Bonchev–Trinajstić information content (AvgIpc) is 2.28. The first kappa shape index (κ1) is 10.9. The van der Waals surface area contributed by atoms with Gasteiger partial charge >= 0.3 is 0 Å². The van der Waals surface area contributed by atoms with E-state index in [2.05, 4.69) is 16.9 Å². The van der Waals surface area contributed by atoms with Gasteiger partial charge in [-0.15, -0.1) is 0 Å². The molecule has 1 aromatic rings. The van der Waals surface area contributed by atoms with Crippen LogP contribution in [-0.4, -0.2) is 22.6 Å². The molecule has 1 saturated heterocycles. The number of halogens is 2. The molecule has 1 fully saturated rings. The molecule has 3 rings (SSSR count). The molecule has 1 aliphatic carbocycles. The van der Waals surface area contributed by atoms with E-state index >= 15 is 0 Å². The third-order valence-electron chi connectivity index (χ3n) is 3.71.